The standard InChI is InChI=1S/C17H16N4O7S/c1-19-4-3-11-13(8-19)29-16(14(11)17(23)28-2)18-7-9-5-10(20(24)25)6-12(15(9)22)21(26)27/h5-7,22H,3-4,8H2,1-2H3. The molecule has 29 heavy (non-hydrogen) atoms. The molecule has 2 heterocycles. The van der Waals surface area contributed by atoms with E-state index in [1.807, 2.05) is 7.05 Å². The summed E-state index contributed by atoms with van der Waals surface area (Å²) in [6.07, 6.45) is 1.71. The SMILES string of the molecule is COC(=O)c1c(N=Cc2cc([N+](=O)[O-])cc([N+](=O)[O-])c2O)sc2c1CCN(C)C2. The molecule has 1 aliphatic rings. The lowest BCUT2D eigenvalue weighted by Crippen LogP contribution is -2.26. The second kappa shape index (κ2) is 7.93. The van der Waals surface area contributed by atoms with Crippen LogP contribution in [-0.2, 0) is 17.7 Å². The first-order valence-electron chi connectivity index (χ1n) is 8.34. The molecule has 152 valence electrons. The Kier molecular flexibility index (Phi) is 5.57. The van der Waals surface area contributed by atoms with Gasteiger partial charge in [-0.15, -0.1) is 11.3 Å². The Morgan fingerprint density at radius 2 is 2.07 bits per heavy atom. The molecule has 0 spiro atoms. The Morgan fingerprint density at radius 1 is 1.34 bits per heavy atom. The molecule has 1 aliphatic heterocycles. The number of hydrogen-bond acceptors (Lipinski definition) is 10. The Balaban J connectivity index is 2.10. The molecule has 1 aromatic heterocycles. The predicted octanol–water partition coefficient (Wildman–Crippen LogP) is 2.80. The van der Waals surface area contributed by atoms with Gasteiger partial charge in [0.2, 0.25) is 5.75 Å². The summed E-state index contributed by atoms with van der Waals surface area (Å²) in [6.45, 7) is 1.39. The molecule has 0 atom stereocenters. The maximum absolute atomic E-state index is 12.3. The number of benzene rings is 1. The van der Waals surface area contributed by atoms with Crippen LogP contribution in [0, 0.1) is 20.2 Å². The first-order chi connectivity index (χ1) is 13.7. The van der Waals surface area contributed by atoms with Gasteiger partial charge >= 0.3 is 11.7 Å². The van der Waals surface area contributed by atoms with Gasteiger partial charge in [0.05, 0.1) is 28.6 Å². The van der Waals surface area contributed by atoms with Crippen LogP contribution in [0.25, 0.3) is 0 Å². The van der Waals surface area contributed by atoms with E-state index in [4.69, 9.17) is 4.74 Å². The number of carbonyl (C=O) groups is 1. The highest BCUT2D eigenvalue weighted by Gasteiger charge is 2.28. The van der Waals surface area contributed by atoms with Crippen molar-refractivity contribution in [3.63, 3.8) is 0 Å². The molecule has 1 aromatic carbocycles. The first kappa shape index (κ1) is 20.4. The van der Waals surface area contributed by atoms with E-state index >= 15 is 0 Å². The number of aromatic hydroxyl groups is 1. The van der Waals surface area contributed by atoms with E-state index < -0.39 is 32.9 Å². The van der Waals surface area contributed by atoms with Gasteiger partial charge in [-0.1, -0.05) is 0 Å². The Bertz CT molecular complexity index is 1050. The largest absolute Gasteiger partial charge is 0.502 e. The van der Waals surface area contributed by atoms with Gasteiger partial charge in [-0.2, -0.15) is 0 Å². The monoisotopic (exact) mass is 420 g/mol. The van der Waals surface area contributed by atoms with Gasteiger partial charge in [-0.3, -0.25) is 20.2 Å². The zero-order chi connectivity index (χ0) is 21.3. The van der Waals surface area contributed by atoms with Gasteiger partial charge in [-0.25, -0.2) is 9.79 Å². The van der Waals surface area contributed by atoms with Gasteiger partial charge in [0, 0.05) is 35.8 Å². The van der Waals surface area contributed by atoms with Crippen LogP contribution in [0.1, 0.15) is 26.4 Å². The lowest BCUT2D eigenvalue weighted by Gasteiger charge is -2.22. The van der Waals surface area contributed by atoms with Crippen LogP contribution >= 0.6 is 11.3 Å². The Labute approximate surface area is 168 Å². The number of nitrogens with zero attached hydrogens (tertiary/aromatic N) is 4. The van der Waals surface area contributed by atoms with Crippen LogP contribution in [0.4, 0.5) is 16.4 Å². The summed E-state index contributed by atoms with van der Waals surface area (Å²) in [5.74, 6) is -1.31. The van der Waals surface area contributed by atoms with Crippen molar-refractivity contribution in [3.8, 4) is 5.75 Å². The van der Waals surface area contributed by atoms with E-state index in [1.165, 1.54) is 18.4 Å². The molecule has 0 saturated carbocycles. The van der Waals surface area contributed by atoms with Crippen LogP contribution in [0.2, 0.25) is 0 Å². The van der Waals surface area contributed by atoms with E-state index in [0.29, 0.717) is 29.6 Å². The number of thiophene rings is 1. The number of esters is 1. The number of phenols is 1. The third kappa shape index (κ3) is 3.93. The van der Waals surface area contributed by atoms with Crippen molar-refractivity contribution in [3.05, 3.63) is 53.9 Å². The fourth-order valence-corrected chi connectivity index (χ4v) is 4.28. The van der Waals surface area contributed by atoms with Crippen molar-refractivity contribution in [1.29, 1.82) is 0 Å². The number of ether oxygens (including phenoxy) is 1. The number of methoxy groups -OCH3 is 1. The van der Waals surface area contributed by atoms with Crippen LogP contribution in [-0.4, -0.2) is 52.7 Å². The number of phenolic OH excluding ortho intramolecular Hbond substituents is 1. The highest BCUT2D eigenvalue weighted by atomic mass is 32.1. The highest BCUT2D eigenvalue weighted by Crippen LogP contribution is 2.40. The number of aliphatic imine (C=N–C) groups is 1. The zero-order valence-corrected chi connectivity index (χ0v) is 16.3. The minimum absolute atomic E-state index is 0.204. The molecular weight excluding hydrogens is 404 g/mol. The summed E-state index contributed by atoms with van der Waals surface area (Å²) < 4.78 is 4.86. The van der Waals surface area contributed by atoms with Gasteiger partial charge in [0.15, 0.2) is 0 Å². The number of nitro groups is 2. The molecule has 12 heteroatoms. The number of likely N-dealkylation sites (N-methyl/N-ethyl adjacent to an activating group) is 1. The van der Waals surface area contributed by atoms with E-state index in [2.05, 4.69) is 9.89 Å². The van der Waals surface area contributed by atoms with E-state index in [9.17, 15) is 30.1 Å². The van der Waals surface area contributed by atoms with Crippen LogP contribution < -0.4 is 0 Å². The van der Waals surface area contributed by atoms with E-state index in [0.717, 1.165) is 29.3 Å². The normalized spacial score (nSPS) is 14.0. The lowest BCUT2D eigenvalue weighted by molar-refractivity contribution is -0.394. The second-order valence-corrected chi connectivity index (χ2v) is 7.42. The van der Waals surface area contributed by atoms with Crippen molar-refractivity contribution < 1.29 is 24.5 Å². The summed E-state index contributed by atoms with van der Waals surface area (Å²) in [4.78, 5) is 39.9. The summed E-state index contributed by atoms with van der Waals surface area (Å²) in [5.41, 5.74) is -0.431. The highest BCUT2D eigenvalue weighted by molar-refractivity contribution is 7.16. The second-order valence-electron chi connectivity index (χ2n) is 6.34. The number of rotatable bonds is 5. The molecule has 0 unspecified atom stereocenters. The maximum Gasteiger partial charge on any atom is 0.341 e. The van der Waals surface area contributed by atoms with Gasteiger partial charge in [0.1, 0.15) is 5.00 Å². The molecule has 0 fully saturated rings. The lowest BCUT2D eigenvalue weighted by atomic mass is 10.0. The van der Waals surface area contributed by atoms with E-state index in [-0.39, 0.29) is 5.56 Å². The number of carbonyl (C=O) groups excluding carboxylic acids is 1. The first-order valence-corrected chi connectivity index (χ1v) is 9.15. The molecule has 0 saturated heterocycles. The Hall–Kier alpha value is -3.38. The molecule has 1 N–H and O–H groups in total. The van der Waals surface area contributed by atoms with E-state index in [1.54, 1.807) is 0 Å². The smallest absolute Gasteiger partial charge is 0.341 e. The Morgan fingerprint density at radius 3 is 2.69 bits per heavy atom. The maximum atomic E-state index is 12.3. The minimum atomic E-state index is -0.917. The minimum Gasteiger partial charge on any atom is -0.502 e. The molecule has 3 rings (SSSR count). The molecule has 0 amide bonds. The van der Waals surface area contributed by atoms with Crippen molar-refractivity contribution in [2.24, 2.45) is 4.99 Å². The summed E-state index contributed by atoms with van der Waals surface area (Å²) >= 11 is 1.27. The number of hydrogen-bond donors (Lipinski definition) is 1. The van der Waals surface area contributed by atoms with Crippen molar-refractivity contribution in [1.82, 2.24) is 4.90 Å². The molecule has 11 nitrogen and oxygen atoms in total. The summed E-state index contributed by atoms with van der Waals surface area (Å²) in [6, 6.07) is 1.65. The molecule has 0 bridgehead atoms. The molecular formula is C17H16N4O7S. The van der Waals surface area contributed by atoms with Crippen LogP contribution in [0.3, 0.4) is 0 Å². The third-order valence-electron chi connectivity index (χ3n) is 4.45. The van der Waals surface area contributed by atoms with Crippen molar-refractivity contribution in [2.45, 2.75) is 13.0 Å². The molecule has 0 radical (unpaired) electrons. The van der Waals surface area contributed by atoms with Crippen LogP contribution in [0.5, 0.6) is 5.75 Å². The number of fused-ring (bicyclic) bond motifs is 1. The fraction of sp³-hybridized carbons (Fsp3) is 0.294. The quantitative estimate of drug-likeness (QED) is 0.336. The van der Waals surface area contributed by atoms with Gasteiger partial charge in [0.25, 0.3) is 5.69 Å². The average Bonchev–Trinajstić information content (AvgIpc) is 3.03. The number of non-ortho nitro benzene ring substituents is 1. The summed E-state index contributed by atoms with van der Waals surface area (Å²) in [7, 11) is 3.20. The van der Waals surface area contributed by atoms with Crippen molar-refractivity contribution in [2.75, 3.05) is 20.7 Å². The van der Waals surface area contributed by atoms with Crippen molar-refractivity contribution >= 4 is 39.9 Å². The molecule has 0 aliphatic carbocycles. The van der Waals surface area contributed by atoms with Gasteiger partial charge < -0.3 is 14.7 Å². The van der Waals surface area contributed by atoms with Gasteiger partial charge in [-0.05, 0) is 19.0 Å². The third-order valence-corrected chi connectivity index (χ3v) is 5.58. The number of nitro benzene ring substituents is 2. The topological polar surface area (TPSA) is 148 Å². The predicted molar refractivity (Wildman–Crippen MR) is 104 cm³/mol. The fourth-order valence-electron chi connectivity index (χ4n) is 3.02. The zero-order valence-electron chi connectivity index (χ0n) is 15.4. The average molecular weight is 420 g/mol. The molecule has 2 aromatic rings. The van der Waals surface area contributed by atoms with Crippen LogP contribution in [0.15, 0.2) is 17.1 Å². The summed E-state index contributed by atoms with van der Waals surface area (Å²) in [5, 5.41) is 32.6.